The quantitative estimate of drug-likeness (QED) is 0.632. The maximum absolute atomic E-state index is 12.2. The molecule has 0 radical (unpaired) electrons. The number of rotatable bonds is 3. The fraction of sp³-hybridized carbons (Fsp3) is 0.312. The molecule has 0 aliphatic carbocycles. The Morgan fingerprint density at radius 2 is 1.55 bits per heavy atom. The van der Waals surface area contributed by atoms with Crippen LogP contribution < -0.4 is 4.74 Å². The van der Waals surface area contributed by atoms with Gasteiger partial charge in [-0.2, -0.15) is 0 Å². The number of likely N-dealkylation sites (N-methyl/N-ethyl adjacent to an activating group) is 2. The predicted octanol–water partition coefficient (Wildman–Crippen LogP) is 1.91. The van der Waals surface area contributed by atoms with E-state index in [2.05, 4.69) is 0 Å². The average Bonchev–Trinajstić information content (AvgIpc) is 2.48. The van der Waals surface area contributed by atoms with Gasteiger partial charge >= 0.3 is 6.03 Å². The average molecular weight is 302 g/mol. The minimum absolute atomic E-state index is 0.0377. The Kier molecular flexibility index (Phi) is 4.30. The molecule has 6 heteroatoms. The summed E-state index contributed by atoms with van der Waals surface area (Å²) in [5.41, 5.74) is 0.549. The minimum atomic E-state index is -0.640. The van der Waals surface area contributed by atoms with Gasteiger partial charge in [-0.1, -0.05) is 18.2 Å². The van der Waals surface area contributed by atoms with Crippen LogP contribution in [-0.4, -0.2) is 47.8 Å². The van der Waals surface area contributed by atoms with Crippen molar-refractivity contribution in [3.8, 4) is 5.75 Å². The van der Waals surface area contributed by atoms with Crippen molar-refractivity contribution in [1.82, 2.24) is 9.80 Å². The lowest BCUT2D eigenvalue weighted by atomic mass is 10.1. The van der Waals surface area contributed by atoms with Gasteiger partial charge in [0.05, 0.1) is 6.10 Å². The van der Waals surface area contributed by atoms with Gasteiger partial charge in [-0.15, -0.1) is 0 Å². The van der Waals surface area contributed by atoms with Gasteiger partial charge in [0.2, 0.25) is 0 Å². The topological polar surface area (TPSA) is 66.9 Å². The molecular weight excluding hydrogens is 284 g/mol. The Bertz CT molecular complexity index is 638. The van der Waals surface area contributed by atoms with Crippen molar-refractivity contribution in [3.63, 3.8) is 0 Å². The van der Waals surface area contributed by atoms with Crippen LogP contribution in [0.15, 0.2) is 29.8 Å². The largest absolute Gasteiger partial charge is 0.490 e. The summed E-state index contributed by atoms with van der Waals surface area (Å²) in [6.07, 6.45) is 1.42. The molecule has 0 aromatic heterocycles. The molecule has 0 spiro atoms. The Balaban J connectivity index is 2.46. The zero-order valence-electron chi connectivity index (χ0n) is 13.0. The highest BCUT2D eigenvalue weighted by Gasteiger charge is 2.37. The molecule has 22 heavy (non-hydrogen) atoms. The van der Waals surface area contributed by atoms with E-state index >= 15 is 0 Å². The summed E-state index contributed by atoms with van der Waals surface area (Å²) in [6, 6.07) is 6.48. The van der Waals surface area contributed by atoms with Crippen molar-refractivity contribution in [2.24, 2.45) is 0 Å². The SMILES string of the molecule is CC(C)Oc1ccccc1C=C1C(=O)N(C)C(=O)N(C)C1=O. The first kappa shape index (κ1) is 15.8. The van der Waals surface area contributed by atoms with E-state index in [-0.39, 0.29) is 11.7 Å². The summed E-state index contributed by atoms with van der Waals surface area (Å²) < 4.78 is 5.67. The molecule has 1 aromatic rings. The Morgan fingerprint density at radius 3 is 2.09 bits per heavy atom. The fourth-order valence-electron chi connectivity index (χ4n) is 2.09. The van der Waals surface area contributed by atoms with E-state index in [4.69, 9.17) is 4.74 Å². The van der Waals surface area contributed by atoms with E-state index in [0.29, 0.717) is 11.3 Å². The molecule has 4 amide bonds. The zero-order chi connectivity index (χ0) is 16.4. The number of imide groups is 2. The molecule has 116 valence electrons. The predicted molar refractivity (Wildman–Crippen MR) is 81.1 cm³/mol. The number of ether oxygens (including phenoxy) is 1. The molecule has 1 aliphatic heterocycles. The summed E-state index contributed by atoms with van der Waals surface area (Å²) in [6.45, 7) is 3.78. The van der Waals surface area contributed by atoms with E-state index in [1.54, 1.807) is 18.2 Å². The number of nitrogens with zero attached hydrogens (tertiary/aromatic N) is 2. The van der Waals surface area contributed by atoms with Gasteiger partial charge in [0.25, 0.3) is 11.8 Å². The van der Waals surface area contributed by atoms with Crippen molar-refractivity contribution < 1.29 is 19.1 Å². The van der Waals surface area contributed by atoms with Crippen molar-refractivity contribution >= 4 is 23.9 Å². The summed E-state index contributed by atoms with van der Waals surface area (Å²) in [4.78, 5) is 37.9. The smallest absolute Gasteiger partial charge is 0.333 e. The number of para-hydroxylation sites is 1. The standard InChI is InChI=1S/C16H18N2O4/c1-10(2)22-13-8-6-5-7-11(13)9-12-14(19)17(3)16(21)18(4)15(12)20/h5-10H,1-4H3. The van der Waals surface area contributed by atoms with Crippen molar-refractivity contribution in [1.29, 1.82) is 0 Å². The van der Waals surface area contributed by atoms with Gasteiger partial charge in [0, 0.05) is 19.7 Å². The van der Waals surface area contributed by atoms with Crippen molar-refractivity contribution in [3.05, 3.63) is 35.4 Å². The first-order valence-electron chi connectivity index (χ1n) is 6.90. The highest BCUT2D eigenvalue weighted by Crippen LogP contribution is 2.24. The van der Waals surface area contributed by atoms with E-state index in [1.807, 2.05) is 19.9 Å². The number of amides is 4. The maximum atomic E-state index is 12.2. The van der Waals surface area contributed by atoms with Gasteiger partial charge in [-0.3, -0.25) is 19.4 Å². The highest BCUT2D eigenvalue weighted by molar-refractivity contribution is 6.30. The molecule has 0 unspecified atom stereocenters. The molecule has 1 fully saturated rings. The number of benzene rings is 1. The molecule has 0 N–H and O–H groups in total. The number of urea groups is 1. The van der Waals surface area contributed by atoms with E-state index < -0.39 is 17.8 Å². The number of hydrogen-bond acceptors (Lipinski definition) is 4. The third-order valence-electron chi connectivity index (χ3n) is 3.23. The van der Waals surface area contributed by atoms with E-state index in [1.165, 1.54) is 20.2 Å². The number of hydrogen-bond donors (Lipinski definition) is 0. The van der Waals surface area contributed by atoms with Gasteiger partial charge < -0.3 is 4.74 Å². The molecule has 1 aromatic carbocycles. The summed E-state index contributed by atoms with van der Waals surface area (Å²) in [5, 5.41) is 0. The molecule has 0 saturated carbocycles. The molecule has 2 rings (SSSR count). The number of carbonyl (C=O) groups is 3. The fourth-order valence-corrected chi connectivity index (χ4v) is 2.09. The number of barbiturate groups is 1. The van der Waals surface area contributed by atoms with Gasteiger partial charge in [0.15, 0.2) is 0 Å². The highest BCUT2D eigenvalue weighted by atomic mass is 16.5. The Labute approximate surface area is 129 Å². The van der Waals surface area contributed by atoms with Gasteiger partial charge in [0.1, 0.15) is 11.3 Å². The van der Waals surface area contributed by atoms with Gasteiger partial charge in [-0.05, 0) is 26.0 Å². The van der Waals surface area contributed by atoms with Crippen LogP contribution in [0.4, 0.5) is 4.79 Å². The van der Waals surface area contributed by atoms with E-state index in [9.17, 15) is 14.4 Å². The van der Waals surface area contributed by atoms with Crippen LogP contribution >= 0.6 is 0 Å². The van der Waals surface area contributed by atoms with Crippen molar-refractivity contribution in [2.75, 3.05) is 14.1 Å². The second-order valence-electron chi connectivity index (χ2n) is 5.27. The second kappa shape index (κ2) is 6.01. The number of carbonyl (C=O) groups excluding carboxylic acids is 3. The molecule has 6 nitrogen and oxygen atoms in total. The summed E-state index contributed by atoms with van der Waals surface area (Å²) in [7, 11) is 2.69. The van der Waals surface area contributed by atoms with Crippen LogP contribution in [-0.2, 0) is 9.59 Å². The Morgan fingerprint density at radius 1 is 1.00 bits per heavy atom. The van der Waals surface area contributed by atoms with Crippen LogP contribution in [0.3, 0.4) is 0 Å². The first-order valence-corrected chi connectivity index (χ1v) is 6.90. The normalized spacial score (nSPS) is 15.7. The summed E-state index contributed by atoms with van der Waals surface area (Å²) >= 11 is 0. The molecule has 1 heterocycles. The second-order valence-corrected chi connectivity index (χ2v) is 5.27. The molecular formula is C16H18N2O4. The molecule has 1 saturated heterocycles. The van der Waals surface area contributed by atoms with Crippen LogP contribution in [0.2, 0.25) is 0 Å². The maximum Gasteiger partial charge on any atom is 0.333 e. The van der Waals surface area contributed by atoms with Crippen LogP contribution in [0.25, 0.3) is 6.08 Å². The third kappa shape index (κ3) is 2.86. The van der Waals surface area contributed by atoms with Gasteiger partial charge in [-0.25, -0.2) is 4.79 Å². The monoisotopic (exact) mass is 302 g/mol. The zero-order valence-corrected chi connectivity index (χ0v) is 13.0. The Hall–Kier alpha value is -2.63. The first-order chi connectivity index (χ1) is 10.3. The lowest BCUT2D eigenvalue weighted by Crippen LogP contribution is -2.52. The minimum Gasteiger partial charge on any atom is -0.490 e. The lowest BCUT2D eigenvalue weighted by Gasteiger charge is -2.29. The molecule has 0 bridgehead atoms. The molecule has 0 atom stereocenters. The lowest BCUT2D eigenvalue weighted by molar-refractivity contribution is -0.134. The van der Waals surface area contributed by atoms with Crippen molar-refractivity contribution in [2.45, 2.75) is 20.0 Å². The summed E-state index contributed by atoms with van der Waals surface area (Å²) in [5.74, 6) is -0.660. The molecule has 1 aliphatic rings. The third-order valence-corrected chi connectivity index (χ3v) is 3.23. The van der Waals surface area contributed by atoms with Crippen LogP contribution in [0.1, 0.15) is 19.4 Å². The van der Waals surface area contributed by atoms with Crippen LogP contribution in [0, 0.1) is 0 Å². The van der Waals surface area contributed by atoms with E-state index in [0.717, 1.165) is 9.80 Å². The van der Waals surface area contributed by atoms with Crippen LogP contribution in [0.5, 0.6) is 5.75 Å².